The van der Waals surface area contributed by atoms with Crippen molar-refractivity contribution in [2.24, 2.45) is 11.7 Å². The van der Waals surface area contributed by atoms with Gasteiger partial charge in [0.25, 0.3) is 0 Å². The van der Waals surface area contributed by atoms with E-state index < -0.39 is 0 Å². The van der Waals surface area contributed by atoms with Gasteiger partial charge in [-0.3, -0.25) is 0 Å². The molecule has 1 atom stereocenters. The lowest BCUT2D eigenvalue weighted by atomic mass is 9.90. The first-order chi connectivity index (χ1) is 10.7. The lowest BCUT2D eigenvalue weighted by Crippen LogP contribution is -2.20. The van der Waals surface area contributed by atoms with E-state index in [1.54, 1.807) is 0 Å². The van der Waals surface area contributed by atoms with Gasteiger partial charge in [0.2, 0.25) is 0 Å². The van der Waals surface area contributed by atoms with Crippen molar-refractivity contribution in [3.8, 4) is 11.1 Å². The number of hydrogen-bond acceptors (Lipinski definition) is 2. The van der Waals surface area contributed by atoms with E-state index in [-0.39, 0.29) is 12.5 Å². The van der Waals surface area contributed by atoms with Crippen LogP contribution in [0.4, 0.5) is 0 Å². The van der Waals surface area contributed by atoms with E-state index in [9.17, 15) is 5.11 Å². The van der Waals surface area contributed by atoms with Crippen molar-refractivity contribution in [2.75, 3.05) is 13.2 Å². The van der Waals surface area contributed by atoms with E-state index >= 15 is 0 Å². The quantitative estimate of drug-likeness (QED) is 0.889. The second-order valence-electron chi connectivity index (χ2n) is 6.42. The molecule has 0 amide bonds. The Kier molecular flexibility index (Phi) is 4.60. The second kappa shape index (κ2) is 6.64. The molecule has 1 unspecified atom stereocenters. The van der Waals surface area contributed by atoms with Gasteiger partial charge in [0.15, 0.2) is 0 Å². The van der Waals surface area contributed by atoms with Crippen molar-refractivity contribution in [2.45, 2.75) is 32.6 Å². The Morgan fingerprint density at radius 3 is 2.73 bits per heavy atom. The molecule has 0 heterocycles. The average molecular weight is 295 g/mol. The fraction of sp³-hybridized carbons (Fsp3) is 0.400. The number of nitrogens with two attached hydrogens (primary N) is 1. The molecule has 22 heavy (non-hydrogen) atoms. The van der Waals surface area contributed by atoms with E-state index in [1.165, 1.54) is 52.6 Å². The zero-order valence-electron chi connectivity index (χ0n) is 13.3. The van der Waals surface area contributed by atoms with Gasteiger partial charge in [0, 0.05) is 6.61 Å². The van der Waals surface area contributed by atoms with Gasteiger partial charge in [-0.2, -0.15) is 0 Å². The van der Waals surface area contributed by atoms with Crippen LogP contribution in [0.15, 0.2) is 36.4 Å². The van der Waals surface area contributed by atoms with E-state index in [0.29, 0.717) is 6.54 Å². The Labute approximate surface area is 133 Å². The molecule has 0 saturated heterocycles. The monoisotopic (exact) mass is 295 g/mol. The third-order valence-corrected chi connectivity index (χ3v) is 4.96. The molecule has 0 fully saturated rings. The summed E-state index contributed by atoms with van der Waals surface area (Å²) in [7, 11) is 0. The fourth-order valence-corrected chi connectivity index (χ4v) is 3.49. The van der Waals surface area contributed by atoms with Crippen molar-refractivity contribution in [3.63, 3.8) is 0 Å². The largest absolute Gasteiger partial charge is 0.396 e. The lowest BCUT2D eigenvalue weighted by Gasteiger charge is -2.16. The number of fused-ring (bicyclic) bond motifs is 1. The molecule has 116 valence electrons. The molecule has 0 radical (unpaired) electrons. The Morgan fingerprint density at radius 1 is 1.14 bits per heavy atom. The third kappa shape index (κ3) is 2.94. The van der Waals surface area contributed by atoms with Crippen molar-refractivity contribution in [1.82, 2.24) is 0 Å². The second-order valence-corrected chi connectivity index (χ2v) is 6.42. The SMILES string of the molecule is Cc1c(CC(CN)CO)cccc1-c1ccc2c(c1)CCC2. The summed E-state index contributed by atoms with van der Waals surface area (Å²) < 4.78 is 0. The minimum Gasteiger partial charge on any atom is -0.396 e. The molecule has 0 spiro atoms. The van der Waals surface area contributed by atoms with E-state index in [0.717, 1.165) is 6.42 Å². The average Bonchev–Trinajstić information content (AvgIpc) is 3.01. The van der Waals surface area contributed by atoms with E-state index in [2.05, 4.69) is 43.3 Å². The number of aliphatic hydroxyl groups excluding tert-OH is 1. The maximum atomic E-state index is 9.39. The Balaban J connectivity index is 1.94. The van der Waals surface area contributed by atoms with Gasteiger partial charge < -0.3 is 10.8 Å². The maximum absolute atomic E-state index is 9.39. The standard InChI is InChI=1S/C20H25NO/c1-14-17(10-15(12-21)13-22)5-3-7-20(14)19-9-8-16-4-2-6-18(16)11-19/h3,5,7-9,11,15,22H,2,4,6,10,12-13,21H2,1H3. The highest BCUT2D eigenvalue weighted by Gasteiger charge is 2.14. The van der Waals surface area contributed by atoms with Crippen LogP contribution in [-0.2, 0) is 19.3 Å². The summed E-state index contributed by atoms with van der Waals surface area (Å²) >= 11 is 0. The molecule has 0 saturated carbocycles. The summed E-state index contributed by atoms with van der Waals surface area (Å²) in [6.07, 6.45) is 4.56. The zero-order valence-corrected chi connectivity index (χ0v) is 13.3. The summed E-state index contributed by atoms with van der Waals surface area (Å²) in [5, 5.41) is 9.39. The number of hydrogen-bond donors (Lipinski definition) is 2. The van der Waals surface area contributed by atoms with Gasteiger partial charge >= 0.3 is 0 Å². The van der Waals surface area contributed by atoms with Crippen molar-refractivity contribution < 1.29 is 5.11 Å². The summed E-state index contributed by atoms with van der Waals surface area (Å²) in [4.78, 5) is 0. The van der Waals surface area contributed by atoms with Crippen LogP contribution in [0.1, 0.15) is 28.7 Å². The minimum absolute atomic E-state index is 0.147. The van der Waals surface area contributed by atoms with Crippen molar-refractivity contribution in [1.29, 1.82) is 0 Å². The maximum Gasteiger partial charge on any atom is 0.0474 e. The highest BCUT2D eigenvalue weighted by atomic mass is 16.3. The predicted octanol–water partition coefficient (Wildman–Crippen LogP) is 3.26. The summed E-state index contributed by atoms with van der Waals surface area (Å²) in [6, 6.07) is 13.4. The molecule has 2 heteroatoms. The van der Waals surface area contributed by atoms with Crippen molar-refractivity contribution in [3.05, 3.63) is 58.7 Å². The predicted molar refractivity (Wildman–Crippen MR) is 92.0 cm³/mol. The molecule has 2 nitrogen and oxygen atoms in total. The molecule has 0 aliphatic heterocycles. The first-order valence-corrected chi connectivity index (χ1v) is 8.24. The Morgan fingerprint density at radius 2 is 1.95 bits per heavy atom. The molecular weight excluding hydrogens is 270 g/mol. The normalized spacial score (nSPS) is 14.9. The molecule has 3 rings (SSSR count). The van der Waals surface area contributed by atoms with Crippen LogP contribution in [0.5, 0.6) is 0 Å². The molecular formula is C20H25NO. The summed E-state index contributed by atoms with van der Waals surface area (Å²) in [5.74, 6) is 0.147. The molecule has 2 aromatic carbocycles. The van der Waals surface area contributed by atoms with Crippen LogP contribution < -0.4 is 5.73 Å². The molecule has 0 aromatic heterocycles. The highest BCUT2D eigenvalue weighted by molar-refractivity contribution is 5.70. The molecule has 1 aliphatic carbocycles. The zero-order chi connectivity index (χ0) is 15.5. The van der Waals surface area contributed by atoms with Gasteiger partial charge in [-0.1, -0.05) is 36.4 Å². The molecule has 2 aromatic rings. The topological polar surface area (TPSA) is 46.2 Å². The van der Waals surface area contributed by atoms with Gasteiger partial charge in [-0.15, -0.1) is 0 Å². The highest BCUT2D eigenvalue weighted by Crippen LogP contribution is 2.31. The van der Waals surface area contributed by atoms with E-state index in [1.807, 2.05) is 0 Å². The van der Waals surface area contributed by atoms with Crippen LogP contribution in [0.3, 0.4) is 0 Å². The first-order valence-electron chi connectivity index (χ1n) is 8.24. The van der Waals surface area contributed by atoms with Crippen LogP contribution in [-0.4, -0.2) is 18.3 Å². The fourth-order valence-electron chi connectivity index (χ4n) is 3.49. The number of aryl methyl sites for hydroxylation is 2. The summed E-state index contributed by atoms with van der Waals surface area (Å²) in [5.41, 5.74) is 14.0. The number of rotatable bonds is 5. The van der Waals surface area contributed by atoms with E-state index in [4.69, 9.17) is 5.73 Å². The van der Waals surface area contributed by atoms with Crippen LogP contribution >= 0.6 is 0 Å². The van der Waals surface area contributed by atoms with Gasteiger partial charge in [0.1, 0.15) is 0 Å². The van der Waals surface area contributed by atoms with Crippen LogP contribution in [0.2, 0.25) is 0 Å². The van der Waals surface area contributed by atoms with Gasteiger partial charge in [-0.25, -0.2) is 0 Å². The number of aliphatic hydroxyl groups is 1. The van der Waals surface area contributed by atoms with Crippen LogP contribution in [0.25, 0.3) is 11.1 Å². The minimum atomic E-state index is 0.147. The van der Waals surface area contributed by atoms with Crippen molar-refractivity contribution >= 4 is 0 Å². The number of benzene rings is 2. The Hall–Kier alpha value is -1.64. The first kappa shape index (κ1) is 15.3. The lowest BCUT2D eigenvalue weighted by molar-refractivity contribution is 0.229. The molecule has 3 N–H and O–H groups in total. The third-order valence-electron chi connectivity index (χ3n) is 4.96. The molecule has 1 aliphatic rings. The van der Waals surface area contributed by atoms with Gasteiger partial charge in [0.05, 0.1) is 0 Å². The Bertz CT molecular complexity index is 659. The van der Waals surface area contributed by atoms with Crippen LogP contribution in [0, 0.1) is 12.8 Å². The molecule has 0 bridgehead atoms. The summed E-state index contributed by atoms with van der Waals surface area (Å²) in [6.45, 7) is 2.86. The van der Waals surface area contributed by atoms with Gasteiger partial charge in [-0.05, 0) is 78.5 Å². The smallest absolute Gasteiger partial charge is 0.0474 e.